The van der Waals surface area contributed by atoms with Gasteiger partial charge in [-0.15, -0.1) is 11.8 Å². The Balaban J connectivity index is 1.40. The highest BCUT2D eigenvalue weighted by Crippen LogP contribution is 2.40. The van der Waals surface area contributed by atoms with Crippen LogP contribution in [-0.2, 0) is 32.1 Å². The van der Waals surface area contributed by atoms with Crippen LogP contribution in [0.3, 0.4) is 0 Å². The second-order valence-electron chi connectivity index (χ2n) is 6.57. The van der Waals surface area contributed by atoms with Crippen LogP contribution in [0.25, 0.3) is 0 Å². The van der Waals surface area contributed by atoms with Crippen LogP contribution < -0.4 is 5.32 Å². The number of β-lactam (4-membered cyclic amide) rings is 1. The average molecular weight is 414 g/mol. The molecule has 0 spiro atoms. The third-order valence-electron chi connectivity index (χ3n) is 4.59. The zero-order chi connectivity index (χ0) is 20.4. The van der Waals surface area contributed by atoms with Crippen LogP contribution in [0.2, 0.25) is 0 Å². The van der Waals surface area contributed by atoms with Crippen LogP contribution in [-0.4, -0.2) is 45.0 Å². The molecule has 0 bridgehead atoms. The van der Waals surface area contributed by atoms with Gasteiger partial charge in [0.15, 0.2) is 5.70 Å². The first-order chi connectivity index (χ1) is 14.0. The van der Waals surface area contributed by atoms with Crippen molar-refractivity contribution < 1.29 is 28.6 Å². The number of aliphatic hydroxyl groups excluding tert-OH is 1. The predicted octanol–water partition coefficient (Wildman–Crippen LogP) is 1.73. The van der Waals surface area contributed by atoms with Crippen molar-refractivity contribution in [2.75, 3.05) is 5.75 Å². The van der Waals surface area contributed by atoms with Crippen LogP contribution in [0.5, 0.6) is 0 Å². The van der Waals surface area contributed by atoms with E-state index in [0.29, 0.717) is 5.76 Å². The Kier molecular flexibility index (Phi) is 5.30. The Morgan fingerprint density at radius 2 is 2.03 bits per heavy atom. The van der Waals surface area contributed by atoms with Crippen LogP contribution >= 0.6 is 11.8 Å². The molecule has 9 heteroatoms. The molecule has 1 unspecified atom stereocenters. The fourth-order valence-corrected chi connectivity index (χ4v) is 4.38. The van der Waals surface area contributed by atoms with Crippen molar-refractivity contribution in [3.05, 3.63) is 71.5 Å². The first-order valence-corrected chi connectivity index (χ1v) is 9.99. The minimum atomic E-state index is -0.773. The summed E-state index contributed by atoms with van der Waals surface area (Å²) in [5.74, 6) is -1.17. The normalized spacial score (nSPS) is 20.7. The number of esters is 1. The summed E-state index contributed by atoms with van der Waals surface area (Å²) >= 11 is 1.27. The van der Waals surface area contributed by atoms with E-state index in [2.05, 4.69) is 5.32 Å². The number of rotatable bonds is 6. The smallest absolute Gasteiger partial charge is 0.358 e. The van der Waals surface area contributed by atoms with E-state index in [0.717, 1.165) is 5.56 Å². The van der Waals surface area contributed by atoms with Gasteiger partial charge in [-0.25, -0.2) is 4.79 Å². The maximum atomic E-state index is 12.6. The zero-order valence-corrected chi connectivity index (χ0v) is 16.1. The molecular weight excluding hydrogens is 396 g/mol. The molecule has 2 aliphatic rings. The van der Waals surface area contributed by atoms with Gasteiger partial charge in [-0.1, -0.05) is 30.3 Å². The van der Waals surface area contributed by atoms with Gasteiger partial charge in [0.25, 0.3) is 5.91 Å². The summed E-state index contributed by atoms with van der Waals surface area (Å²) in [4.78, 5) is 38.5. The van der Waals surface area contributed by atoms with Gasteiger partial charge >= 0.3 is 5.97 Å². The van der Waals surface area contributed by atoms with Gasteiger partial charge in [-0.05, 0) is 17.7 Å². The van der Waals surface area contributed by atoms with Crippen molar-refractivity contribution in [3.8, 4) is 0 Å². The number of thioether (sulfide) groups is 1. The van der Waals surface area contributed by atoms with E-state index < -0.39 is 23.3 Å². The van der Waals surface area contributed by atoms with Crippen LogP contribution in [0.4, 0.5) is 0 Å². The van der Waals surface area contributed by atoms with Gasteiger partial charge < -0.3 is 19.6 Å². The fourth-order valence-electron chi connectivity index (χ4n) is 3.18. The summed E-state index contributed by atoms with van der Waals surface area (Å²) in [6.45, 7) is 0.0274. The molecule has 8 nitrogen and oxygen atoms in total. The number of fused-ring (bicyclic) bond motifs is 1. The first-order valence-electron chi connectivity index (χ1n) is 8.94. The minimum Gasteiger partial charge on any atom is -0.509 e. The molecule has 4 rings (SSSR count). The molecule has 1 aromatic heterocycles. The fraction of sp³-hybridized carbons (Fsp3) is 0.250. The summed E-state index contributed by atoms with van der Waals surface area (Å²) in [5.41, 5.74) is 0.631. The monoisotopic (exact) mass is 414 g/mol. The molecule has 0 radical (unpaired) electrons. The van der Waals surface area contributed by atoms with E-state index in [1.165, 1.54) is 22.9 Å². The first kappa shape index (κ1) is 19.1. The van der Waals surface area contributed by atoms with Crippen LogP contribution in [0.15, 0.2) is 64.6 Å². The van der Waals surface area contributed by atoms with E-state index in [1.807, 2.05) is 18.2 Å². The third kappa shape index (κ3) is 3.86. The standard InChI is InChI=1S/C20H18N2O6S/c23-14-11-29-19-16(21-15(24)9-13-7-4-8-27-13)18(25)22(19)17(14)20(26)28-10-12-5-2-1-3-6-12/h1-8,16,19,23H,9-11H2,(H,21,24)/t16?,19-/m0/s1. The Morgan fingerprint density at radius 1 is 1.24 bits per heavy atom. The molecule has 1 fully saturated rings. The van der Waals surface area contributed by atoms with Gasteiger partial charge in [0, 0.05) is 0 Å². The van der Waals surface area contributed by atoms with Crippen molar-refractivity contribution in [3.63, 3.8) is 0 Å². The summed E-state index contributed by atoms with van der Waals surface area (Å²) in [6.07, 6.45) is 1.48. The van der Waals surface area contributed by atoms with E-state index in [1.54, 1.807) is 24.3 Å². The molecule has 0 aliphatic carbocycles. The average Bonchev–Trinajstić information content (AvgIpc) is 3.23. The number of aliphatic hydroxyl groups is 1. The van der Waals surface area contributed by atoms with E-state index in [9.17, 15) is 19.5 Å². The number of carbonyl (C=O) groups is 3. The number of hydrogen-bond acceptors (Lipinski definition) is 7. The molecule has 29 heavy (non-hydrogen) atoms. The second kappa shape index (κ2) is 8.04. The molecule has 2 aliphatic heterocycles. The molecule has 2 N–H and O–H groups in total. The SMILES string of the molecule is O=C(Cc1ccco1)NC1C(=O)N2C(C(=O)OCc3ccccc3)=C(O)CS[C@@H]12. The highest BCUT2D eigenvalue weighted by Gasteiger charge is 2.54. The number of carbonyl (C=O) groups excluding carboxylic acids is 3. The Bertz CT molecular complexity index is 957. The number of ether oxygens (including phenoxy) is 1. The number of furan rings is 1. The van der Waals surface area contributed by atoms with Gasteiger partial charge in [-0.3, -0.25) is 14.5 Å². The largest absolute Gasteiger partial charge is 0.509 e. The number of benzene rings is 1. The number of nitrogens with one attached hydrogen (secondary N) is 1. The zero-order valence-electron chi connectivity index (χ0n) is 15.2. The molecule has 2 atom stereocenters. The molecule has 1 aromatic carbocycles. The highest BCUT2D eigenvalue weighted by atomic mass is 32.2. The van der Waals surface area contributed by atoms with Gasteiger partial charge in [-0.2, -0.15) is 0 Å². The molecule has 0 saturated carbocycles. The highest BCUT2D eigenvalue weighted by molar-refractivity contribution is 8.00. The van der Waals surface area contributed by atoms with E-state index >= 15 is 0 Å². The van der Waals surface area contributed by atoms with E-state index in [4.69, 9.17) is 9.15 Å². The van der Waals surface area contributed by atoms with Crippen molar-refractivity contribution in [2.45, 2.75) is 24.4 Å². The Morgan fingerprint density at radius 3 is 2.76 bits per heavy atom. The Hall–Kier alpha value is -3.20. The topological polar surface area (TPSA) is 109 Å². The molecule has 2 amide bonds. The van der Waals surface area contributed by atoms with Crippen molar-refractivity contribution in [2.24, 2.45) is 0 Å². The maximum absolute atomic E-state index is 12.6. The molecule has 2 aromatic rings. The minimum absolute atomic E-state index is 0.0151. The number of amides is 2. The quantitative estimate of drug-likeness (QED) is 0.547. The summed E-state index contributed by atoms with van der Waals surface area (Å²) in [5, 5.41) is 12.4. The lowest BCUT2D eigenvalue weighted by Crippen LogP contribution is -2.70. The summed E-state index contributed by atoms with van der Waals surface area (Å²) in [7, 11) is 0. The van der Waals surface area contributed by atoms with Gasteiger partial charge in [0.05, 0.1) is 18.4 Å². The molecule has 150 valence electrons. The lowest BCUT2D eigenvalue weighted by Gasteiger charge is -2.48. The molecule has 1 saturated heterocycles. The number of nitrogens with zero attached hydrogens (tertiary/aromatic N) is 1. The lowest BCUT2D eigenvalue weighted by molar-refractivity contribution is -0.153. The van der Waals surface area contributed by atoms with Crippen LogP contribution in [0, 0.1) is 0 Å². The lowest BCUT2D eigenvalue weighted by atomic mass is 10.0. The van der Waals surface area contributed by atoms with Crippen LogP contribution in [0.1, 0.15) is 11.3 Å². The van der Waals surface area contributed by atoms with Gasteiger partial charge in [0.2, 0.25) is 5.91 Å². The van der Waals surface area contributed by atoms with Gasteiger partial charge in [0.1, 0.15) is 29.5 Å². The second-order valence-corrected chi connectivity index (χ2v) is 7.67. The molecule has 3 heterocycles. The maximum Gasteiger partial charge on any atom is 0.358 e. The van der Waals surface area contributed by atoms with Crippen molar-refractivity contribution in [1.82, 2.24) is 10.2 Å². The Labute approximate surface area is 170 Å². The molecular formula is C20H18N2O6S. The van der Waals surface area contributed by atoms with Crippen molar-refractivity contribution in [1.29, 1.82) is 0 Å². The predicted molar refractivity (Wildman–Crippen MR) is 103 cm³/mol. The third-order valence-corrected chi connectivity index (χ3v) is 5.85. The number of hydrogen-bond donors (Lipinski definition) is 2. The summed E-state index contributed by atoms with van der Waals surface area (Å²) < 4.78 is 10.4. The van der Waals surface area contributed by atoms with Crippen molar-refractivity contribution >= 4 is 29.5 Å². The van der Waals surface area contributed by atoms with E-state index in [-0.39, 0.29) is 36.1 Å². The summed E-state index contributed by atoms with van der Waals surface area (Å²) in [6, 6.07) is 11.7.